The minimum Gasteiger partial charge on any atom is -0.439 e. The fourth-order valence-electron chi connectivity index (χ4n) is 3.02. The zero-order chi connectivity index (χ0) is 13.2. The van der Waals surface area contributed by atoms with Gasteiger partial charge in [-0.1, -0.05) is 18.6 Å². The molecule has 1 aromatic carbocycles. The molecule has 0 radical (unpaired) electrons. The minimum absolute atomic E-state index is 0.457. The summed E-state index contributed by atoms with van der Waals surface area (Å²) in [4.78, 5) is 7.00. The van der Waals surface area contributed by atoms with E-state index in [2.05, 4.69) is 16.8 Å². The molecule has 2 unspecified atom stereocenters. The van der Waals surface area contributed by atoms with Gasteiger partial charge in [0.05, 0.1) is 6.54 Å². The highest BCUT2D eigenvalue weighted by atomic mass is 16.3. The van der Waals surface area contributed by atoms with E-state index in [4.69, 9.17) is 10.2 Å². The van der Waals surface area contributed by atoms with Gasteiger partial charge in [0.15, 0.2) is 5.58 Å². The molecular weight excluding hydrogens is 238 g/mol. The molecule has 0 aliphatic carbocycles. The van der Waals surface area contributed by atoms with Crippen molar-refractivity contribution >= 4 is 11.1 Å². The fourth-order valence-corrected chi connectivity index (χ4v) is 3.02. The number of piperidine rings is 1. The van der Waals surface area contributed by atoms with Crippen LogP contribution in [0, 0.1) is 0 Å². The Bertz CT molecular complexity index is 518. The smallest absolute Gasteiger partial charge is 0.209 e. The van der Waals surface area contributed by atoms with Gasteiger partial charge in [-0.3, -0.25) is 4.90 Å². The van der Waals surface area contributed by atoms with Crippen molar-refractivity contribution in [3.05, 3.63) is 30.2 Å². The zero-order valence-corrected chi connectivity index (χ0v) is 11.4. The lowest BCUT2D eigenvalue weighted by molar-refractivity contribution is 0.0802. The molecule has 102 valence electrons. The van der Waals surface area contributed by atoms with Gasteiger partial charge in [-0.15, -0.1) is 0 Å². The second-order valence-electron chi connectivity index (χ2n) is 5.42. The largest absolute Gasteiger partial charge is 0.439 e. The van der Waals surface area contributed by atoms with Crippen molar-refractivity contribution in [3.63, 3.8) is 0 Å². The van der Waals surface area contributed by atoms with Crippen LogP contribution in [-0.4, -0.2) is 28.5 Å². The lowest BCUT2D eigenvalue weighted by Crippen LogP contribution is -2.48. The van der Waals surface area contributed by atoms with Crippen LogP contribution in [0.4, 0.5) is 0 Å². The van der Waals surface area contributed by atoms with Gasteiger partial charge in [0, 0.05) is 18.6 Å². The van der Waals surface area contributed by atoms with Crippen LogP contribution in [-0.2, 0) is 6.54 Å². The van der Waals surface area contributed by atoms with Crippen molar-refractivity contribution in [2.24, 2.45) is 5.73 Å². The van der Waals surface area contributed by atoms with Crippen LogP contribution in [0.5, 0.6) is 0 Å². The molecule has 0 bridgehead atoms. The molecule has 2 atom stereocenters. The van der Waals surface area contributed by atoms with E-state index in [0.29, 0.717) is 18.6 Å². The Hall–Kier alpha value is -1.39. The van der Waals surface area contributed by atoms with Gasteiger partial charge in [-0.2, -0.15) is 0 Å². The van der Waals surface area contributed by atoms with E-state index < -0.39 is 0 Å². The maximum absolute atomic E-state index is 5.89. The number of rotatable bonds is 3. The summed E-state index contributed by atoms with van der Waals surface area (Å²) in [5, 5.41) is 0. The van der Waals surface area contributed by atoms with E-state index in [1.54, 1.807) is 0 Å². The summed E-state index contributed by atoms with van der Waals surface area (Å²) in [6.07, 6.45) is 3.69. The van der Waals surface area contributed by atoms with Crippen LogP contribution in [0.1, 0.15) is 32.1 Å². The quantitative estimate of drug-likeness (QED) is 0.920. The molecule has 2 N–H and O–H groups in total. The van der Waals surface area contributed by atoms with E-state index in [9.17, 15) is 0 Å². The number of nitrogens with two attached hydrogens (primary N) is 1. The number of likely N-dealkylation sites (tertiary alicyclic amines) is 1. The average Bonchev–Trinajstić information content (AvgIpc) is 2.83. The third-order valence-corrected chi connectivity index (χ3v) is 4.12. The molecule has 2 aromatic rings. The van der Waals surface area contributed by atoms with Gasteiger partial charge in [0.1, 0.15) is 5.52 Å². The molecular formula is C15H21N3O. The van der Waals surface area contributed by atoms with Gasteiger partial charge in [-0.25, -0.2) is 4.98 Å². The fraction of sp³-hybridized carbons (Fsp3) is 0.533. The molecule has 1 aromatic heterocycles. The monoisotopic (exact) mass is 259 g/mol. The summed E-state index contributed by atoms with van der Waals surface area (Å²) < 4.78 is 5.82. The minimum atomic E-state index is 0.457. The highest BCUT2D eigenvalue weighted by Crippen LogP contribution is 2.25. The van der Waals surface area contributed by atoms with E-state index >= 15 is 0 Å². The predicted molar refractivity (Wildman–Crippen MR) is 75.7 cm³/mol. The van der Waals surface area contributed by atoms with E-state index in [-0.39, 0.29) is 0 Å². The third-order valence-electron chi connectivity index (χ3n) is 4.12. The lowest BCUT2D eigenvalue weighted by Gasteiger charge is -2.39. The van der Waals surface area contributed by atoms with E-state index in [1.807, 2.05) is 24.3 Å². The Morgan fingerprint density at radius 1 is 1.37 bits per heavy atom. The number of hydrogen-bond acceptors (Lipinski definition) is 4. The molecule has 4 heteroatoms. The molecule has 4 nitrogen and oxygen atoms in total. The summed E-state index contributed by atoms with van der Waals surface area (Å²) in [5.41, 5.74) is 7.70. The zero-order valence-electron chi connectivity index (χ0n) is 11.4. The first-order valence-electron chi connectivity index (χ1n) is 7.08. The molecule has 0 amide bonds. The normalized spacial score (nSPS) is 24.9. The molecule has 0 saturated carbocycles. The maximum atomic E-state index is 5.89. The lowest BCUT2D eigenvalue weighted by atomic mass is 9.96. The van der Waals surface area contributed by atoms with Crippen molar-refractivity contribution in [1.29, 1.82) is 0 Å². The van der Waals surface area contributed by atoms with Crippen LogP contribution in [0.2, 0.25) is 0 Å². The number of fused-ring (bicyclic) bond motifs is 1. The molecule has 1 saturated heterocycles. The molecule has 3 rings (SSSR count). The highest BCUT2D eigenvalue weighted by molar-refractivity contribution is 5.72. The van der Waals surface area contributed by atoms with Crippen molar-refractivity contribution in [3.8, 4) is 0 Å². The Morgan fingerprint density at radius 2 is 2.21 bits per heavy atom. The van der Waals surface area contributed by atoms with Crippen molar-refractivity contribution in [1.82, 2.24) is 9.88 Å². The van der Waals surface area contributed by atoms with Gasteiger partial charge >= 0.3 is 0 Å². The molecule has 1 aliphatic heterocycles. The van der Waals surface area contributed by atoms with Gasteiger partial charge < -0.3 is 10.2 Å². The standard InChI is InChI=1S/C15H21N3O/c1-11-5-4-6-12(9-16)18(11)10-15-17-13-7-2-3-8-14(13)19-15/h2-3,7-8,11-12H,4-6,9-10,16H2,1H3. The van der Waals surface area contributed by atoms with Gasteiger partial charge in [0.2, 0.25) is 5.89 Å². The van der Waals surface area contributed by atoms with Crippen LogP contribution < -0.4 is 5.73 Å². The number of oxazole rings is 1. The first-order valence-corrected chi connectivity index (χ1v) is 7.08. The highest BCUT2D eigenvalue weighted by Gasteiger charge is 2.28. The Balaban J connectivity index is 1.82. The predicted octanol–water partition coefficient (Wildman–Crippen LogP) is 2.53. The molecule has 2 heterocycles. The number of benzene rings is 1. The third kappa shape index (κ3) is 2.51. The average molecular weight is 259 g/mol. The molecule has 19 heavy (non-hydrogen) atoms. The first-order chi connectivity index (χ1) is 9.28. The number of nitrogens with zero attached hydrogens (tertiary/aromatic N) is 2. The van der Waals surface area contributed by atoms with Crippen LogP contribution in [0.15, 0.2) is 28.7 Å². The van der Waals surface area contributed by atoms with Crippen molar-refractivity contribution in [2.45, 2.75) is 44.8 Å². The Labute approximate surface area is 113 Å². The summed E-state index contributed by atoms with van der Waals surface area (Å²) >= 11 is 0. The first kappa shape index (κ1) is 12.6. The summed E-state index contributed by atoms with van der Waals surface area (Å²) in [5.74, 6) is 0.799. The summed E-state index contributed by atoms with van der Waals surface area (Å²) in [6, 6.07) is 8.93. The van der Waals surface area contributed by atoms with Crippen molar-refractivity contribution in [2.75, 3.05) is 6.54 Å². The maximum Gasteiger partial charge on any atom is 0.209 e. The second kappa shape index (κ2) is 5.31. The van der Waals surface area contributed by atoms with Gasteiger partial charge in [-0.05, 0) is 31.9 Å². The Morgan fingerprint density at radius 3 is 3.00 bits per heavy atom. The number of para-hydroxylation sites is 2. The van der Waals surface area contributed by atoms with Crippen LogP contribution in [0.3, 0.4) is 0 Å². The number of hydrogen-bond donors (Lipinski definition) is 1. The van der Waals surface area contributed by atoms with E-state index in [1.165, 1.54) is 19.3 Å². The molecule has 0 spiro atoms. The SMILES string of the molecule is CC1CCCC(CN)N1Cc1nc2ccccc2o1. The van der Waals surface area contributed by atoms with Crippen LogP contribution in [0.25, 0.3) is 11.1 Å². The van der Waals surface area contributed by atoms with E-state index in [0.717, 1.165) is 23.5 Å². The van der Waals surface area contributed by atoms with Crippen molar-refractivity contribution < 1.29 is 4.42 Å². The van der Waals surface area contributed by atoms with Crippen LogP contribution >= 0.6 is 0 Å². The molecule has 1 aliphatic rings. The number of aromatic nitrogens is 1. The topological polar surface area (TPSA) is 55.3 Å². The van der Waals surface area contributed by atoms with Gasteiger partial charge in [0.25, 0.3) is 0 Å². The summed E-state index contributed by atoms with van der Waals surface area (Å²) in [7, 11) is 0. The Kier molecular flexibility index (Phi) is 3.53. The second-order valence-corrected chi connectivity index (χ2v) is 5.42. The molecule has 1 fully saturated rings. The summed E-state index contributed by atoms with van der Waals surface area (Å²) in [6.45, 7) is 3.74.